The first-order valence-electron chi connectivity index (χ1n) is 2.25. The van der Waals surface area contributed by atoms with Crippen molar-refractivity contribution in [3.05, 3.63) is 21.9 Å². The van der Waals surface area contributed by atoms with Crippen molar-refractivity contribution < 1.29 is 9.31 Å². The lowest BCUT2D eigenvalue weighted by molar-refractivity contribution is -0.424. The van der Waals surface area contributed by atoms with Crippen molar-refractivity contribution in [1.82, 2.24) is 0 Å². The molecule has 0 unspecified atom stereocenters. The van der Waals surface area contributed by atoms with Gasteiger partial charge in [-0.15, -0.1) is 0 Å². The molecule has 0 aromatic heterocycles. The molecule has 0 fully saturated rings. The van der Waals surface area contributed by atoms with E-state index >= 15 is 0 Å². The molecule has 1 rings (SSSR count). The second-order valence-electron chi connectivity index (χ2n) is 1.53. The minimum absolute atomic E-state index is 0.140. The number of halogens is 1. The second kappa shape index (κ2) is 1.93. The van der Waals surface area contributed by atoms with Crippen molar-refractivity contribution in [3.8, 4) is 0 Å². The third-order valence-electron chi connectivity index (χ3n) is 0.912. The summed E-state index contributed by atoms with van der Waals surface area (Å²) in [6, 6.07) is 0. The summed E-state index contributed by atoms with van der Waals surface area (Å²) in [4.78, 5) is 12.4. The Hall–Kier alpha value is -1.26. The molecule has 1 aliphatic rings. The van der Waals surface area contributed by atoms with Crippen LogP contribution in [0.3, 0.4) is 0 Å². The lowest BCUT2D eigenvalue weighted by atomic mass is 10.5. The van der Waals surface area contributed by atoms with Gasteiger partial charge in [0.1, 0.15) is 6.54 Å². The first-order chi connectivity index (χ1) is 4.20. The van der Waals surface area contributed by atoms with Gasteiger partial charge in [-0.3, -0.25) is 10.1 Å². The van der Waals surface area contributed by atoms with Gasteiger partial charge in [-0.2, -0.15) is 4.39 Å². The van der Waals surface area contributed by atoms with Crippen molar-refractivity contribution in [2.45, 2.75) is 0 Å². The van der Waals surface area contributed by atoms with Gasteiger partial charge in [0.05, 0.1) is 11.0 Å². The SMILES string of the molecule is O=[N+]([O-])C1=CC(F)=NC1. The van der Waals surface area contributed by atoms with Crippen LogP contribution >= 0.6 is 0 Å². The maximum absolute atomic E-state index is 11.9. The van der Waals surface area contributed by atoms with Gasteiger partial charge in [-0.1, -0.05) is 0 Å². The lowest BCUT2D eigenvalue weighted by Gasteiger charge is -1.82. The van der Waals surface area contributed by atoms with Crippen LogP contribution in [0.5, 0.6) is 0 Å². The van der Waals surface area contributed by atoms with Crippen molar-refractivity contribution in [2.24, 2.45) is 4.99 Å². The van der Waals surface area contributed by atoms with Crippen LogP contribution in [-0.2, 0) is 0 Å². The molecule has 1 heterocycles. The van der Waals surface area contributed by atoms with Crippen LogP contribution in [0.4, 0.5) is 4.39 Å². The molecule has 0 amide bonds. The number of allylic oxidation sites excluding steroid dienone is 1. The van der Waals surface area contributed by atoms with E-state index in [1.807, 2.05) is 0 Å². The summed E-state index contributed by atoms with van der Waals surface area (Å²) < 4.78 is 11.9. The molecule has 0 radical (unpaired) electrons. The monoisotopic (exact) mass is 130 g/mol. The average molecular weight is 130 g/mol. The molecule has 1 aliphatic heterocycles. The van der Waals surface area contributed by atoms with Crippen molar-refractivity contribution in [1.29, 1.82) is 0 Å². The van der Waals surface area contributed by atoms with Crippen molar-refractivity contribution in [3.63, 3.8) is 0 Å². The molecule has 0 spiro atoms. The van der Waals surface area contributed by atoms with E-state index in [0.717, 1.165) is 6.08 Å². The molecule has 9 heavy (non-hydrogen) atoms. The van der Waals surface area contributed by atoms with E-state index in [1.165, 1.54) is 0 Å². The van der Waals surface area contributed by atoms with Crippen LogP contribution in [-0.4, -0.2) is 17.4 Å². The van der Waals surface area contributed by atoms with Crippen LogP contribution < -0.4 is 0 Å². The van der Waals surface area contributed by atoms with Gasteiger partial charge in [-0.25, -0.2) is 4.99 Å². The topological polar surface area (TPSA) is 55.5 Å². The summed E-state index contributed by atoms with van der Waals surface area (Å²) in [6.45, 7) is -0.140. The van der Waals surface area contributed by atoms with E-state index in [0.29, 0.717) is 0 Å². The predicted molar refractivity (Wildman–Crippen MR) is 28.5 cm³/mol. The summed E-state index contributed by atoms with van der Waals surface area (Å²) in [5.74, 6) is -0.762. The fraction of sp³-hybridized carbons (Fsp3) is 0.250. The number of aliphatic imine (C=N–C) groups is 1. The highest BCUT2D eigenvalue weighted by Crippen LogP contribution is 2.05. The smallest absolute Gasteiger partial charge is 0.259 e. The molecule has 5 heteroatoms. The van der Waals surface area contributed by atoms with E-state index in [9.17, 15) is 14.5 Å². The molecule has 0 saturated heterocycles. The molecule has 0 aliphatic carbocycles. The highest BCUT2D eigenvalue weighted by atomic mass is 19.1. The van der Waals surface area contributed by atoms with E-state index in [1.54, 1.807) is 0 Å². The number of hydrogen-bond donors (Lipinski definition) is 0. The Labute approximate surface area is 49.9 Å². The summed E-state index contributed by atoms with van der Waals surface area (Å²) >= 11 is 0. The minimum atomic E-state index is -0.762. The summed E-state index contributed by atoms with van der Waals surface area (Å²) in [5, 5.41) is 9.84. The zero-order valence-electron chi connectivity index (χ0n) is 4.37. The van der Waals surface area contributed by atoms with Gasteiger partial charge in [0.2, 0.25) is 5.97 Å². The Morgan fingerprint density at radius 1 is 1.89 bits per heavy atom. The van der Waals surface area contributed by atoms with Gasteiger partial charge in [0, 0.05) is 0 Å². The lowest BCUT2D eigenvalue weighted by Crippen LogP contribution is -1.98. The number of hydrogen-bond acceptors (Lipinski definition) is 3. The third-order valence-corrected chi connectivity index (χ3v) is 0.912. The molecule has 48 valence electrons. The first-order valence-corrected chi connectivity index (χ1v) is 2.25. The second-order valence-corrected chi connectivity index (χ2v) is 1.53. The minimum Gasteiger partial charge on any atom is -0.259 e. The number of nitrogens with zero attached hydrogens (tertiary/aromatic N) is 2. The van der Waals surface area contributed by atoms with E-state index in [2.05, 4.69) is 4.99 Å². The quantitative estimate of drug-likeness (QED) is 0.384. The molecule has 0 atom stereocenters. The molecule has 0 N–H and O–H groups in total. The Balaban J connectivity index is 2.71. The summed E-state index contributed by atoms with van der Waals surface area (Å²) in [7, 11) is 0. The molecule has 0 aromatic carbocycles. The van der Waals surface area contributed by atoms with E-state index in [-0.39, 0.29) is 12.2 Å². The average Bonchev–Trinajstić information content (AvgIpc) is 2.14. The van der Waals surface area contributed by atoms with Crippen LogP contribution in [0.2, 0.25) is 0 Å². The largest absolute Gasteiger partial charge is 0.272 e. The van der Waals surface area contributed by atoms with Crippen LogP contribution in [0, 0.1) is 10.1 Å². The zero-order chi connectivity index (χ0) is 6.85. The van der Waals surface area contributed by atoms with E-state index < -0.39 is 10.9 Å². The van der Waals surface area contributed by atoms with Gasteiger partial charge in [0.25, 0.3) is 5.70 Å². The summed E-state index contributed by atoms with van der Waals surface area (Å²) in [6.07, 6.45) is 0.819. The first kappa shape index (κ1) is 5.87. The molecule has 4 nitrogen and oxygen atoms in total. The number of nitro groups is 1. The Morgan fingerprint density at radius 2 is 2.56 bits per heavy atom. The van der Waals surface area contributed by atoms with Gasteiger partial charge in [0.15, 0.2) is 0 Å². The van der Waals surface area contributed by atoms with Crippen molar-refractivity contribution in [2.75, 3.05) is 6.54 Å². The van der Waals surface area contributed by atoms with Crippen LogP contribution in [0.1, 0.15) is 0 Å². The number of rotatable bonds is 1. The van der Waals surface area contributed by atoms with Crippen molar-refractivity contribution >= 4 is 5.97 Å². The maximum Gasteiger partial charge on any atom is 0.272 e. The van der Waals surface area contributed by atoms with Crippen LogP contribution in [0.25, 0.3) is 0 Å². The molecule has 0 saturated carbocycles. The molecule has 0 aromatic rings. The Morgan fingerprint density at radius 3 is 2.78 bits per heavy atom. The highest BCUT2D eigenvalue weighted by Gasteiger charge is 2.16. The fourth-order valence-electron chi connectivity index (χ4n) is 0.496. The van der Waals surface area contributed by atoms with Gasteiger partial charge < -0.3 is 0 Å². The van der Waals surface area contributed by atoms with E-state index in [4.69, 9.17) is 0 Å². The predicted octanol–water partition coefficient (Wildman–Crippen LogP) is 0.529. The summed E-state index contributed by atoms with van der Waals surface area (Å²) in [5.41, 5.74) is -0.187. The molecule has 0 bridgehead atoms. The fourth-order valence-corrected chi connectivity index (χ4v) is 0.496. The Bertz CT molecular complexity index is 209. The Kier molecular flexibility index (Phi) is 1.26. The van der Waals surface area contributed by atoms with Crippen LogP contribution in [0.15, 0.2) is 16.8 Å². The normalized spacial score (nSPS) is 17.0. The third kappa shape index (κ3) is 1.10. The highest BCUT2D eigenvalue weighted by molar-refractivity contribution is 5.88. The maximum atomic E-state index is 11.9. The molecular weight excluding hydrogens is 127 g/mol. The standard InChI is InChI=1S/C4H3FN2O2/c5-4-1-3(2-6-4)7(8)9/h1H,2H2. The van der Waals surface area contributed by atoms with Gasteiger partial charge >= 0.3 is 0 Å². The zero-order valence-corrected chi connectivity index (χ0v) is 4.37. The van der Waals surface area contributed by atoms with Gasteiger partial charge in [-0.05, 0) is 0 Å². The molecular formula is C4H3FN2O2.